The number of nitrogens with zero attached hydrogens (tertiary/aromatic N) is 6. The largest absolute Gasteiger partial charge is 0.457 e. The maximum Gasteiger partial charge on any atom is 0.318 e. The van der Waals surface area contributed by atoms with Crippen LogP contribution in [0.5, 0.6) is 6.01 Å². The molecule has 0 saturated heterocycles. The number of aromatic nitrogens is 6. The molecule has 10 heteroatoms. The summed E-state index contributed by atoms with van der Waals surface area (Å²) in [6.45, 7) is 3.98. The van der Waals surface area contributed by atoms with E-state index < -0.39 is 0 Å². The van der Waals surface area contributed by atoms with Crippen molar-refractivity contribution in [3.05, 3.63) is 69.7 Å². The minimum Gasteiger partial charge on any atom is -0.457 e. The van der Waals surface area contributed by atoms with Crippen LogP contribution in [0.25, 0.3) is 5.65 Å². The van der Waals surface area contributed by atoms with Gasteiger partial charge >= 0.3 is 6.01 Å². The zero-order valence-electron chi connectivity index (χ0n) is 19.4. The number of carbonyl (C=O) groups is 1. The summed E-state index contributed by atoms with van der Waals surface area (Å²) >= 11 is 3.64. The summed E-state index contributed by atoms with van der Waals surface area (Å²) in [6.07, 6.45) is 9.05. The van der Waals surface area contributed by atoms with Gasteiger partial charge in [-0.1, -0.05) is 0 Å². The Balaban J connectivity index is 1.12. The number of pyridine rings is 1. The van der Waals surface area contributed by atoms with Gasteiger partial charge in [0.1, 0.15) is 18.2 Å². The van der Waals surface area contributed by atoms with Crippen molar-refractivity contribution in [3.63, 3.8) is 0 Å². The highest BCUT2D eigenvalue weighted by molar-refractivity contribution is 9.10. The van der Waals surface area contributed by atoms with E-state index in [1.54, 1.807) is 12.3 Å². The van der Waals surface area contributed by atoms with Crippen LogP contribution < -0.4 is 10.1 Å². The standard InChI is InChI=1S/C25H24BrN7O2/c1-13-5-6-27-22(28-13)18-9-19(18)24(34)31-21-7-14(2)29-25(32-21)35-12-17-11-33-10-16(15-3-4-15)8-20(26)23(33)30-17/h5-8,10-11,15,18-19H,3-4,9,12H2,1-2H3,(H,29,31,32,34)/t18-,19-/m0/s1. The second-order valence-corrected chi connectivity index (χ2v) is 10.2. The lowest BCUT2D eigenvalue weighted by atomic mass is 10.2. The minimum absolute atomic E-state index is 0.0448. The van der Waals surface area contributed by atoms with Gasteiger partial charge in [-0.25, -0.2) is 19.9 Å². The minimum atomic E-state index is -0.159. The van der Waals surface area contributed by atoms with E-state index in [2.05, 4.69) is 58.4 Å². The summed E-state index contributed by atoms with van der Waals surface area (Å²) in [5.41, 5.74) is 4.54. The molecule has 4 aromatic heterocycles. The number of hydrogen-bond acceptors (Lipinski definition) is 7. The fourth-order valence-corrected chi connectivity index (χ4v) is 4.84. The number of ether oxygens (including phenoxy) is 1. The molecular formula is C25H24BrN7O2. The van der Waals surface area contributed by atoms with Crippen LogP contribution >= 0.6 is 15.9 Å². The molecule has 0 aromatic carbocycles. The highest BCUT2D eigenvalue weighted by atomic mass is 79.9. The smallest absolute Gasteiger partial charge is 0.318 e. The number of imidazole rings is 1. The van der Waals surface area contributed by atoms with Gasteiger partial charge in [0.05, 0.1) is 10.2 Å². The number of aryl methyl sites for hydroxylation is 2. The third kappa shape index (κ3) is 4.75. The number of anilines is 1. The lowest BCUT2D eigenvalue weighted by Gasteiger charge is -2.08. The van der Waals surface area contributed by atoms with Gasteiger partial charge in [0.15, 0.2) is 5.65 Å². The quantitative estimate of drug-likeness (QED) is 0.372. The van der Waals surface area contributed by atoms with Crippen LogP contribution in [-0.2, 0) is 11.4 Å². The molecule has 6 rings (SSSR count). The third-order valence-corrected chi connectivity index (χ3v) is 6.92. The lowest BCUT2D eigenvalue weighted by Crippen LogP contribution is -2.16. The topological polar surface area (TPSA) is 107 Å². The Morgan fingerprint density at radius 2 is 2.00 bits per heavy atom. The monoisotopic (exact) mass is 533 g/mol. The van der Waals surface area contributed by atoms with Gasteiger partial charge in [-0.05, 0) is 72.7 Å². The number of amides is 1. The predicted molar refractivity (Wildman–Crippen MR) is 132 cm³/mol. The van der Waals surface area contributed by atoms with Crippen LogP contribution in [0.2, 0.25) is 0 Å². The number of rotatable bonds is 7. The van der Waals surface area contributed by atoms with Gasteiger partial charge < -0.3 is 14.5 Å². The van der Waals surface area contributed by atoms with Crippen LogP contribution in [0.4, 0.5) is 5.82 Å². The molecule has 2 aliphatic rings. The molecule has 1 N–H and O–H groups in total. The molecule has 9 nitrogen and oxygen atoms in total. The van der Waals surface area contributed by atoms with E-state index in [1.807, 2.05) is 30.5 Å². The zero-order valence-corrected chi connectivity index (χ0v) is 21.0. The molecule has 0 spiro atoms. The van der Waals surface area contributed by atoms with Crippen molar-refractivity contribution in [1.29, 1.82) is 0 Å². The Morgan fingerprint density at radius 1 is 1.14 bits per heavy atom. The van der Waals surface area contributed by atoms with Gasteiger partial charge in [-0.3, -0.25) is 4.79 Å². The first-order chi connectivity index (χ1) is 16.9. The average Bonchev–Trinajstić information content (AvgIpc) is 3.74. The molecule has 0 bridgehead atoms. The van der Waals surface area contributed by atoms with E-state index in [9.17, 15) is 4.79 Å². The molecule has 0 radical (unpaired) electrons. The van der Waals surface area contributed by atoms with Gasteiger partial charge in [0.25, 0.3) is 0 Å². The first-order valence-corrected chi connectivity index (χ1v) is 12.5. The molecule has 2 atom stereocenters. The Morgan fingerprint density at radius 3 is 2.80 bits per heavy atom. The summed E-state index contributed by atoms with van der Waals surface area (Å²) in [4.78, 5) is 34.9. The molecule has 4 heterocycles. The van der Waals surface area contributed by atoms with Crippen molar-refractivity contribution in [2.75, 3.05) is 5.32 Å². The normalized spacial score (nSPS) is 19.1. The molecule has 35 heavy (non-hydrogen) atoms. The highest BCUT2D eigenvalue weighted by Crippen LogP contribution is 2.46. The van der Waals surface area contributed by atoms with Crippen LogP contribution in [0.1, 0.15) is 59.6 Å². The number of nitrogens with one attached hydrogen (secondary N) is 1. The summed E-state index contributed by atoms with van der Waals surface area (Å²) in [7, 11) is 0. The van der Waals surface area contributed by atoms with Gasteiger partial charge in [0, 0.05) is 47.9 Å². The second-order valence-electron chi connectivity index (χ2n) is 9.32. The molecule has 178 valence electrons. The SMILES string of the molecule is Cc1cc(NC(=O)[C@H]2C[C@@H]2c2nccc(C)n2)nc(OCc2cn3cc(C4CC4)cc(Br)c3n2)n1. The van der Waals surface area contributed by atoms with E-state index in [1.165, 1.54) is 18.4 Å². The molecular weight excluding hydrogens is 510 g/mol. The van der Waals surface area contributed by atoms with E-state index in [4.69, 9.17) is 4.74 Å². The number of halogens is 1. The number of fused-ring (bicyclic) bond motifs is 1. The fourth-order valence-electron chi connectivity index (χ4n) is 4.28. The van der Waals surface area contributed by atoms with Gasteiger partial charge in [-0.2, -0.15) is 4.98 Å². The fraction of sp³-hybridized carbons (Fsp3) is 0.360. The maximum atomic E-state index is 12.8. The lowest BCUT2D eigenvalue weighted by molar-refractivity contribution is -0.117. The highest BCUT2D eigenvalue weighted by Gasteiger charge is 2.46. The van der Waals surface area contributed by atoms with Crippen molar-refractivity contribution >= 4 is 33.3 Å². The summed E-state index contributed by atoms with van der Waals surface area (Å²) in [5.74, 6) is 1.58. The van der Waals surface area contributed by atoms with Crippen molar-refractivity contribution < 1.29 is 9.53 Å². The van der Waals surface area contributed by atoms with E-state index in [0.717, 1.165) is 33.8 Å². The molecule has 0 aliphatic heterocycles. The van der Waals surface area contributed by atoms with Crippen molar-refractivity contribution in [2.24, 2.45) is 5.92 Å². The van der Waals surface area contributed by atoms with E-state index in [-0.39, 0.29) is 30.4 Å². The Bertz CT molecular complexity index is 1450. The molecule has 2 fully saturated rings. The van der Waals surface area contributed by atoms with Crippen LogP contribution in [0.3, 0.4) is 0 Å². The van der Waals surface area contributed by atoms with Gasteiger partial charge in [0.2, 0.25) is 5.91 Å². The Hall–Kier alpha value is -3.40. The summed E-state index contributed by atoms with van der Waals surface area (Å²) in [6, 6.07) is 5.93. The zero-order chi connectivity index (χ0) is 24.1. The molecule has 2 saturated carbocycles. The predicted octanol–water partition coefficient (Wildman–Crippen LogP) is 4.49. The van der Waals surface area contributed by atoms with Crippen LogP contribution in [0, 0.1) is 19.8 Å². The van der Waals surface area contributed by atoms with Crippen molar-refractivity contribution in [1.82, 2.24) is 29.3 Å². The molecule has 0 unspecified atom stereocenters. The second kappa shape index (κ2) is 8.67. The Kier molecular flexibility index (Phi) is 5.47. The molecule has 4 aromatic rings. The molecule has 1 amide bonds. The maximum absolute atomic E-state index is 12.8. The molecule has 2 aliphatic carbocycles. The number of carbonyl (C=O) groups excluding carboxylic acids is 1. The summed E-state index contributed by atoms with van der Waals surface area (Å²) in [5, 5.41) is 2.90. The van der Waals surface area contributed by atoms with Crippen LogP contribution in [0.15, 0.2) is 41.3 Å². The third-order valence-electron chi connectivity index (χ3n) is 6.33. The summed E-state index contributed by atoms with van der Waals surface area (Å²) < 4.78 is 8.85. The van der Waals surface area contributed by atoms with Gasteiger partial charge in [-0.15, -0.1) is 0 Å². The van der Waals surface area contributed by atoms with E-state index in [0.29, 0.717) is 17.4 Å². The van der Waals surface area contributed by atoms with E-state index >= 15 is 0 Å². The number of hydrogen-bond donors (Lipinski definition) is 1. The van der Waals surface area contributed by atoms with Crippen LogP contribution in [-0.4, -0.2) is 35.2 Å². The first-order valence-electron chi connectivity index (χ1n) is 11.7. The Labute approximate surface area is 210 Å². The van der Waals surface area contributed by atoms with Crippen molar-refractivity contribution in [2.45, 2.75) is 51.6 Å². The average molecular weight is 534 g/mol. The first kappa shape index (κ1) is 22.1. The van der Waals surface area contributed by atoms with Crippen molar-refractivity contribution in [3.8, 4) is 6.01 Å².